The summed E-state index contributed by atoms with van der Waals surface area (Å²) in [5.74, 6) is -0.985. The summed E-state index contributed by atoms with van der Waals surface area (Å²) in [5.41, 5.74) is 1.79. The third-order valence-electron chi connectivity index (χ3n) is 2.96. The number of carboxylic acid groups (broad SMARTS) is 1. The van der Waals surface area contributed by atoms with Gasteiger partial charge in [0.2, 0.25) is 0 Å². The van der Waals surface area contributed by atoms with Gasteiger partial charge in [-0.1, -0.05) is 51.8 Å². The number of halogens is 2. The van der Waals surface area contributed by atoms with Crippen LogP contribution in [0.4, 0.5) is 5.69 Å². The number of hydrogen-bond donors (Lipinski definition) is 1. The van der Waals surface area contributed by atoms with Gasteiger partial charge in [0.1, 0.15) is 0 Å². The van der Waals surface area contributed by atoms with Gasteiger partial charge >= 0.3 is 5.97 Å². The fourth-order valence-corrected chi connectivity index (χ4v) is 2.77. The first-order valence-corrected chi connectivity index (χ1v) is 7.14. The molecule has 0 fully saturated rings. The lowest BCUT2D eigenvalue weighted by Gasteiger charge is -2.23. The Morgan fingerprint density at radius 1 is 1.25 bits per heavy atom. The highest BCUT2D eigenvalue weighted by Crippen LogP contribution is 2.31. The van der Waals surface area contributed by atoms with E-state index in [9.17, 15) is 9.90 Å². The minimum Gasteiger partial charge on any atom is -0.478 e. The first-order valence-electron chi connectivity index (χ1n) is 5.97. The summed E-state index contributed by atoms with van der Waals surface area (Å²) in [5, 5.41) is 9.70. The smallest absolute Gasteiger partial charge is 0.337 e. The zero-order valence-corrected chi connectivity index (χ0v) is 13.1. The summed E-state index contributed by atoms with van der Waals surface area (Å²) in [6.07, 6.45) is 0. The standard InChI is InChI=1S/C15H13BrClNO2/c1-18(9-10-5-2-3-7-12(10)16)14-11(15(19)20)6-4-8-13(14)17/h2-8H,9H2,1H3,(H,19,20). The van der Waals surface area contributed by atoms with Crippen LogP contribution in [0.1, 0.15) is 15.9 Å². The Labute approximate surface area is 130 Å². The lowest BCUT2D eigenvalue weighted by atomic mass is 10.1. The van der Waals surface area contributed by atoms with Crippen LogP contribution in [0.25, 0.3) is 0 Å². The van der Waals surface area contributed by atoms with E-state index in [1.165, 1.54) is 0 Å². The minimum atomic E-state index is -0.985. The van der Waals surface area contributed by atoms with Crippen LogP contribution in [-0.2, 0) is 6.54 Å². The average molecular weight is 355 g/mol. The molecular formula is C15H13BrClNO2. The summed E-state index contributed by atoms with van der Waals surface area (Å²) >= 11 is 9.64. The molecule has 20 heavy (non-hydrogen) atoms. The van der Waals surface area contributed by atoms with Crippen LogP contribution in [0.2, 0.25) is 5.02 Å². The topological polar surface area (TPSA) is 40.5 Å². The van der Waals surface area contributed by atoms with Crippen LogP contribution in [0.15, 0.2) is 46.9 Å². The van der Waals surface area contributed by atoms with Gasteiger partial charge in [-0.3, -0.25) is 0 Å². The summed E-state index contributed by atoms with van der Waals surface area (Å²) in [6, 6.07) is 12.7. The van der Waals surface area contributed by atoms with Gasteiger partial charge < -0.3 is 10.0 Å². The van der Waals surface area contributed by atoms with Crippen molar-refractivity contribution in [3.8, 4) is 0 Å². The summed E-state index contributed by atoms with van der Waals surface area (Å²) in [6.45, 7) is 0.561. The van der Waals surface area contributed by atoms with E-state index in [2.05, 4.69) is 15.9 Å². The highest BCUT2D eigenvalue weighted by molar-refractivity contribution is 9.10. The normalized spacial score (nSPS) is 10.3. The van der Waals surface area contributed by atoms with Crippen molar-refractivity contribution in [2.45, 2.75) is 6.54 Å². The van der Waals surface area contributed by atoms with Crippen LogP contribution in [-0.4, -0.2) is 18.1 Å². The molecule has 5 heteroatoms. The van der Waals surface area contributed by atoms with E-state index >= 15 is 0 Å². The Kier molecular flexibility index (Phi) is 4.68. The molecule has 0 radical (unpaired) electrons. The fourth-order valence-electron chi connectivity index (χ4n) is 2.04. The van der Waals surface area contributed by atoms with Gasteiger partial charge in [-0.15, -0.1) is 0 Å². The average Bonchev–Trinajstić information content (AvgIpc) is 2.40. The van der Waals surface area contributed by atoms with Crippen molar-refractivity contribution in [2.24, 2.45) is 0 Å². The Hall–Kier alpha value is -1.52. The second-order valence-electron chi connectivity index (χ2n) is 4.39. The largest absolute Gasteiger partial charge is 0.478 e. The maximum Gasteiger partial charge on any atom is 0.337 e. The molecule has 0 heterocycles. The molecule has 2 rings (SSSR count). The molecule has 0 saturated heterocycles. The molecule has 0 unspecified atom stereocenters. The van der Waals surface area contributed by atoms with E-state index < -0.39 is 5.97 Å². The third kappa shape index (κ3) is 3.14. The van der Waals surface area contributed by atoms with Crippen LogP contribution in [0, 0.1) is 0 Å². The molecule has 1 N–H and O–H groups in total. The molecular weight excluding hydrogens is 342 g/mol. The third-order valence-corrected chi connectivity index (χ3v) is 4.04. The summed E-state index contributed by atoms with van der Waals surface area (Å²) in [7, 11) is 1.83. The van der Waals surface area contributed by atoms with Gasteiger partial charge in [-0.2, -0.15) is 0 Å². The number of hydrogen-bond acceptors (Lipinski definition) is 2. The number of anilines is 1. The lowest BCUT2D eigenvalue weighted by Crippen LogP contribution is -2.20. The van der Waals surface area contributed by atoms with Crippen LogP contribution in [0.3, 0.4) is 0 Å². The number of aromatic carboxylic acids is 1. The van der Waals surface area contributed by atoms with E-state index in [1.807, 2.05) is 36.2 Å². The Morgan fingerprint density at radius 3 is 2.60 bits per heavy atom. The first kappa shape index (κ1) is 14.9. The van der Waals surface area contributed by atoms with E-state index in [1.54, 1.807) is 18.2 Å². The fraction of sp³-hybridized carbons (Fsp3) is 0.133. The van der Waals surface area contributed by atoms with Crippen LogP contribution in [0.5, 0.6) is 0 Å². The number of rotatable bonds is 4. The molecule has 3 nitrogen and oxygen atoms in total. The predicted molar refractivity (Wildman–Crippen MR) is 84.7 cm³/mol. The molecule has 104 valence electrons. The number of nitrogens with zero attached hydrogens (tertiary/aromatic N) is 1. The van der Waals surface area contributed by atoms with Crippen molar-refractivity contribution in [1.29, 1.82) is 0 Å². The lowest BCUT2D eigenvalue weighted by molar-refractivity contribution is 0.0697. The zero-order valence-electron chi connectivity index (χ0n) is 10.8. The second-order valence-corrected chi connectivity index (χ2v) is 5.65. The van der Waals surface area contributed by atoms with Crippen LogP contribution < -0.4 is 4.90 Å². The zero-order chi connectivity index (χ0) is 14.7. The monoisotopic (exact) mass is 353 g/mol. The maximum atomic E-state index is 11.3. The molecule has 0 aromatic heterocycles. The Bertz CT molecular complexity index is 646. The van der Waals surface area contributed by atoms with Crippen molar-refractivity contribution in [2.75, 3.05) is 11.9 Å². The minimum absolute atomic E-state index is 0.201. The molecule has 2 aromatic carbocycles. The quantitative estimate of drug-likeness (QED) is 0.882. The number of benzene rings is 2. The van der Waals surface area contributed by atoms with E-state index in [-0.39, 0.29) is 5.56 Å². The van der Waals surface area contributed by atoms with E-state index in [0.717, 1.165) is 10.0 Å². The molecule has 2 aromatic rings. The van der Waals surface area contributed by atoms with Gasteiger partial charge in [-0.25, -0.2) is 4.79 Å². The van der Waals surface area contributed by atoms with Crippen LogP contribution >= 0.6 is 27.5 Å². The first-order chi connectivity index (χ1) is 9.50. The maximum absolute atomic E-state index is 11.3. The van der Waals surface area contributed by atoms with Crippen molar-refractivity contribution in [1.82, 2.24) is 0 Å². The van der Waals surface area contributed by atoms with E-state index in [4.69, 9.17) is 11.6 Å². The summed E-state index contributed by atoms with van der Waals surface area (Å²) in [4.78, 5) is 13.1. The number of carbonyl (C=O) groups is 1. The van der Waals surface area contributed by atoms with Gasteiger partial charge in [0, 0.05) is 18.1 Å². The molecule has 0 spiro atoms. The molecule has 0 saturated carbocycles. The van der Waals surface area contributed by atoms with Crippen molar-refractivity contribution >= 4 is 39.2 Å². The summed E-state index contributed by atoms with van der Waals surface area (Å²) < 4.78 is 0.982. The van der Waals surface area contributed by atoms with E-state index in [0.29, 0.717) is 17.3 Å². The molecule has 0 aliphatic carbocycles. The number of para-hydroxylation sites is 1. The second kappa shape index (κ2) is 6.29. The van der Waals surface area contributed by atoms with Gasteiger partial charge in [-0.05, 0) is 23.8 Å². The highest BCUT2D eigenvalue weighted by Gasteiger charge is 2.17. The van der Waals surface area contributed by atoms with Gasteiger partial charge in [0.05, 0.1) is 16.3 Å². The SMILES string of the molecule is CN(Cc1ccccc1Br)c1c(Cl)cccc1C(=O)O. The van der Waals surface area contributed by atoms with Gasteiger partial charge in [0.15, 0.2) is 0 Å². The van der Waals surface area contributed by atoms with Gasteiger partial charge in [0.25, 0.3) is 0 Å². The molecule has 0 amide bonds. The predicted octanol–water partition coefficient (Wildman–Crippen LogP) is 4.44. The van der Waals surface area contributed by atoms with Crippen molar-refractivity contribution < 1.29 is 9.90 Å². The molecule has 0 atom stereocenters. The number of carboxylic acids is 1. The molecule has 0 aliphatic heterocycles. The van der Waals surface area contributed by atoms with Crippen molar-refractivity contribution in [3.63, 3.8) is 0 Å². The van der Waals surface area contributed by atoms with Crippen molar-refractivity contribution in [3.05, 3.63) is 63.1 Å². The highest BCUT2D eigenvalue weighted by atomic mass is 79.9. The Morgan fingerprint density at radius 2 is 1.95 bits per heavy atom. The molecule has 0 aliphatic rings. The molecule has 0 bridgehead atoms. The Balaban J connectivity index is 2.37.